The van der Waals surface area contributed by atoms with Gasteiger partial charge in [0.15, 0.2) is 0 Å². The van der Waals surface area contributed by atoms with Crippen LogP contribution in [0.25, 0.3) is 10.2 Å². The smallest absolute Gasteiger partial charge is 0.119 e. The maximum Gasteiger partial charge on any atom is 0.119 e. The highest BCUT2D eigenvalue weighted by molar-refractivity contribution is 9.10. The van der Waals surface area contributed by atoms with Crippen molar-refractivity contribution >= 4 is 49.1 Å². The summed E-state index contributed by atoms with van der Waals surface area (Å²) in [7, 11) is 1.66. The van der Waals surface area contributed by atoms with Gasteiger partial charge in [-0.1, -0.05) is 28.1 Å². The van der Waals surface area contributed by atoms with Crippen molar-refractivity contribution in [3.8, 4) is 5.75 Å². The summed E-state index contributed by atoms with van der Waals surface area (Å²) in [5.41, 5.74) is 2.06. The molecule has 3 rings (SSSR count). The van der Waals surface area contributed by atoms with E-state index in [9.17, 15) is 0 Å². The average Bonchev–Trinajstić information content (AvgIpc) is 2.89. The minimum atomic E-state index is -0.143. The number of benzene rings is 2. The van der Waals surface area contributed by atoms with Crippen molar-refractivity contribution in [1.29, 1.82) is 0 Å². The van der Waals surface area contributed by atoms with Gasteiger partial charge in [-0.3, -0.25) is 0 Å². The predicted octanol–water partition coefficient (Wildman–Crippen LogP) is 5.59. The standard InChI is InChI=1S/C16H13BrClNOS/c1-20-10-6-7-12(17)11(8-10)13(18)9-16-19-14-4-2-3-5-15(14)21-16/h2-8,13H,9H2,1H3. The zero-order chi connectivity index (χ0) is 14.8. The maximum absolute atomic E-state index is 6.58. The number of hydrogen-bond donors (Lipinski definition) is 0. The lowest BCUT2D eigenvalue weighted by Gasteiger charge is -2.12. The van der Waals surface area contributed by atoms with Crippen LogP contribution in [-0.4, -0.2) is 12.1 Å². The van der Waals surface area contributed by atoms with Gasteiger partial charge < -0.3 is 4.74 Å². The van der Waals surface area contributed by atoms with Crippen LogP contribution in [0, 0.1) is 0 Å². The van der Waals surface area contributed by atoms with Crippen molar-refractivity contribution in [2.24, 2.45) is 0 Å². The molecule has 0 amide bonds. The molecule has 0 N–H and O–H groups in total. The highest BCUT2D eigenvalue weighted by atomic mass is 79.9. The van der Waals surface area contributed by atoms with Gasteiger partial charge >= 0.3 is 0 Å². The van der Waals surface area contributed by atoms with E-state index in [0.29, 0.717) is 6.42 Å². The zero-order valence-corrected chi connectivity index (χ0v) is 14.5. The number of rotatable bonds is 4. The van der Waals surface area contributed by atoms with Crippen LogP contribution in [0.3, 0.4) is 0 Å². The molecule has 1 unspecified atom stereocenters. The summed E-state index contributed by atoms with van der Waals surface area (Å²) >= 11 is 11.8. The third-order valence-corrected chi connectivity index (χ3v) is 5.40. The van der Waals surface area contributed by atoms with Gasteiger partial charge in [0.1, 0.15) is 5.75 Å². The Labute approximate surface area is 140 Å². The molecule has 0 fully saturated rings. The minimum Gasteiger partial charge on any atom is -0.497 e. The molecule has 1 atom stereocenters. The van der Waals surface area contributed by atoms with Gasteiger partial charge in [0, 0.05) is 10.9 Å². The molecule has 0 radical (unpaired) electrons. The summed E-state index contributed by atoms with van der Waals surface area (Å²) in [5.74, 6) is 0.808. The first-order valence-electron chi connectivity index (χ1n) is 6.49. The van der Waals surface area contributed by atoms with E-state index < -0.39 is 0 Å². The molecule has 0 aliphatic carbocycles. The van der Waals surface area contributed by atoms with Crippen molar-refractivity contribution < 1.29 is 4.74 Å². The summed E-state index contributed by atoms with van der Waals surface area (Å²) in [6.45, 7) is 0. The van der Waals surface area contributed by atoms with Crippen molar-refractivity contribution in [1.82, 2.24) is 4.98 Å². The molecule has 0 aliphatic rings. The van der Waals surface area contributed by atoms with Crippen molar-refractivity contribution in [2.45, 2.75) is 11.8 Å². The Morgan fingerprint density at radius 1 is 1.29 bits per heavy atom. The predicted molar refractivity (Wildman–Crippen MR) is 92.6 cm³/mol. The number of aromatic nitrogens is 1. The molecule has 3 aromatic rings. The van der Waals surface area contributed by atoms with E-state index in [2.05, 4.69) is 27.0 Å². The number of fused-ring (bicyclic) bond motifs is 1. The number of halogens is 2. The molecule has 21 heavy (non-hydrogen) atoms. The second-order valence-electron chi connectivity index (χ2n) is 4.63. The topological polar surface area (TPSA) is 22.1 Å². The summed E-state index contributed by atoms with van der Waals surface area (Å²) in [6.07, 6.45) is 0.701. The molecule has 0 spiro atoms. The van der Waals surface area contributed by atoms with E-state index in [1.54, 1.807) is 18.4 Å². The van der Waals surface area contributed by atoms with Gasteiger partial charge in [0.05, 0.1) is 27.7 Å². The SMILES string of the molecule is COc1ccc(Br)c(C(Cl)Cc2nc3ccccc3s2)c1. The normalized spacial score (nSPS) is 12.5. The van der Waals surface area contributed by atoms with Crippen molar-refractivity contribution in [3.63, 3.8) is 0 Å². The van der Waals surface area contributed by atoms with E-state index in [1.807, 2.05) is 36.4 Å². The largest absolute Gasteiger partial charge is 0.497 e. The second kappa shape index (κ2) is 6.34. The first kappa shape index (κ1) is 14.8. The number of alkyl halides is 1. The van der Waals surface area contributed by atoms with E-state index in [-0.39, 0.29) is 5.38 Å². The molecular formula is C16H13BrClNOS. The number of para-hydroxylation sites is 1. The van der Waals surface area contributed by atoms with Crippen LogP contribution in [0.2, 0.25) is 0 Å². The van der Waals surface area contributed by atoms with Crippen LogP contribution in [-0.2, 0) is 6.42 Å². The number of ether oxygens (including phenoxy) is 1. The summed E-state index contributed by atoms with van der Waals surface area (Å²) in [6, 6.07) is 14.0. The zero-order valence-electron chi connectivity index (χ0n) is 11.3. The molecule has 5 heteroatoms. The van der Waals surface area contributed by atoms with Crippen molar-refractivity contribution in [3.05, 3.63) is 57.5 Å². The lowest BCUT2D eigenvalue weighted by atomic mass is 10.1. The fraction of sp³-hybridized carbons (Fsp3) is 0.188. The Morgan fingerprint density at radius 2 is 2.10 bits per heavy atom. The van der Waals surface area contributed by atoms with E-state index in [0.717, 1.165) is 26.3 Å². The first-order valence-corrected chi connectivity index (χ1v) is 8.54. The Kier molecular flexibility index (Phi) is 4.48. The molecule has 0 saturated carbocycles. The van der Waals surface area contributed by atoms with Crippen LogP contribution in [0.15, 0.2) is 46.9 Å². The maximum atomic E-state index is 6.58. The summed E-state index contributed by atoms with van der Waals surface area (Å²) in [4.78, 5) is 4.64. The molecule has 2 nitrogen and oxygen atoms in total. The molecule has 2 aromatic carbocycles. The quantitative estimate of drug-likeness (QED) is 0.549. The molecule has 108 valence electrons. The molecule has 0 aliphatic heterocycles. The van der Waals surface area contributed by atoms with E-state index >= 15 is 0 Å². The van der Waals surface area contributed by atoms with Gasteiger partial charge in [-0.15, -0.1) is 22.9 Å². The number of nitrogens with zero attached hydrogens (tertiary/aromatic N) is 1. The van der Waals surface area contributed by atoms with Crippen LogP contribution < -0.4 is 4.74 Å². The van der Waals surface area contributed by atoms with Crippen LogP contribution in [0.1, 0.15) is 15.9 Å². The molecule has 0 bridgehead atoms. The Balaban J connectivity index is 1.87. The minimum absolute atomic E-state index is 0.143. The molecule has 1 aromatic heterocycles. The van der Waals surface area contributed by atoms with Crippen LogP contribution in [0.4, 0.5) is 0 Å². The van der Waals surface area contributed by atoms with Gasteiger partial charge in [0.25, 0.3) is 0 Å². The fourth-order valence-electron chi connectivity index (χ4n) is 2.16. The van der Waals surface area contributed by atoms with Gasteiger partial charge in [-0.2, -0.15) is 0 Å². The Bertz CT molecular complexity index is 741. The molecule has 0 saturated heterocycles. The van der Waals surface area contributed by atoms with E-state index in [1.165, 1.54) is 4.70 Å². The lowest BCUT2D eigenvalue weighted by molar-refractivity contribution is 0.414. The highest BCUT2D eigenvalue weighted by Gasteiger charge is 2.16. The van der Waals surface area contributed by atoms with Gasteiger partial charge in [0.2, 0.25) is 0 Å². The van der Waals surface area contributed by atoms with Gasteiger partial charge in [-0.05, 0) is 35.9 Å². The first-order chi connectivity index (χ1) is 10.2. The highest BCUT2D eigenvalue weighted by Crippen LogP contribution is 2.35. The summed E-state index contributed by atoms with van der Waals surface area (Å²) < 4.78 is 7.45. The molecular weight excluding hydrogens is 370 g/mol. The lowest BCUT2D eigenvalue weighted by Crippen LogP contribution is -1.97. The number of hydrogen-bond acceptors (Lipinski definition) is 3. The summed E-state index contributed by atoms with van der Waals surface area (Å²) in [5, 5.41) is 0.904. The van der Waals surface area contributed by atoms with Crippen LogP contribution >= 0.6 is 38.9 Å². The van der Waals surface area contributed by atoms with E-state index in [4.69, 9.17) is 16.3 Å². The monoisotopic (exact) mass is 381 g/mol. The van der Waals surface area contributed by atoms with Crippen molar-refractivity contribution in [2.75, 3.05) is 7.11 Å². The second-order valence-corrected chi connectivity index (χ2v) is 7.13. The average molecular weight is 383 g/mol. The number of thiazole rings is 1. The Morgan fingerprint density at radius 3 is 2.86 bits per heavy atom. The number of methoxy groups -OCH3 is 1. The van der Waals surface area contributed by atoms with Crippen LogP contribution in [0.5, 0.6) is 5.75 Å². The molecule has 1 heterocycles. The third-order valence-electron chi connectivity index (χ3n) is 3.23. The third kappa shape index (κ3) is 3.23. The Hall–Kier alpha value is -1.10. The fourth-order valence-corrected chi connectivity index (χ4v) is 4.25. The van der Waals surface area contributed by atoms with Gasteiger partial charge in [-0.25, -0.2) is 4.98 Å².